The number of carbonyl (C=O) groups is 6. The number of rotatable bonds is 14. The number of ether oxygens (including phenoxy) is 4. The molecule has 2 unspecified atom stereocenters. The van der Waals surface area contributed by atoms with Crippen molar-refractivity contribution in [3.63, 3.8) is 0 Å². The number of hydrogen-bond acceptors (Lipinski definition) is 16. The summed E-state index contributed by atoms with van der Waals surface area (Å²) >= 11 is 0. The Labute approximate surface area is 301 Å². The van der Waals surface area contributed by atoms with Crippen LogP contribution < -0.4 is 0 Å². The minimum absolute atomic E-state index is 0.00889. The van der Waals surface area contributed by atoms with Crippen LogP contribution in [0.2, 0.25) is 0 Å². The van der Waals surface area contributed by atoms with Gasteiger partial charge in [0, 0.05) is 23.0 Å². The Bertz CT molecular complexity index is 1400. The van der Waals surface area contributed by atoms with Crippen LogP contribution >= 0.6 is 0 Å². The molecule has 2 atom stereocenters. The maximum Gasteiger partial charge on any atom is 0.346 e. The first-order valence-corrected chi connectivity index (χ1v) is 15.7. The number of benzene rings is 2. The van der Waals surface area contributed by atoms with Crippen LogP contribution in [0.5, 0.6) is 0 Å². The largest absolute Gasteiger partial charge is 0.461 e. The first kappa shape index (κ1) is 47.2. The highest BCUT2D eigenvalue weighted by molar-refractivity contribution is 6.05. The molecule has 2 aromatic rings. The summed E-state index contributed by atoms with van der Waals surface area (Å²) in [7, 11) is 0. The van der Waals surface area contributed by atoms with Crippen molar-refractivity contribution >= 4 is 35.8 Å². The normalized spacial score (nSPS) is 12.2. The molecular formula is C36H48O16. The Balaban J connectivity index is 0.00000228. The summed E-state index contributed by atoms with van der Waals surface area (Å²) in [5.74, 6) is -6.25. The fraction of sp³-hybridized carbons (Fsp3) is 0.444. The number of aliphatic hydroxyl groups excluding tert-OH is 6. The zero-order chi connectivity index (χ0) is 40.1. The van der Waals surface area contributed by atoms with Crippen molar-refractivity contribution in [1.29, 1.82) is 0 Å². The Morgan fingerprint density at radius 3 is 1.10 bits per heavy atom. The highest BCUT2D eigenvalue weighted by Gasteiger charge is 2.22. The maximum absolute atomic E-state index is 12.3. The predicted molar refractivity (Wildman–Crippen MR) is 183 cm³/mol. The Morgan fingerprint density at radius 2 is 0.846 bits per heavy atom. The van der Waals surface area contributed by atoms with E-state index in [4.69, 9.17) is 29.9 Å². The molecule has 2 aromatic carbocycles. The van der Waals surface area contributed by atoms with Gasteiger partial charge in [0.15, 0.2) is 0 Å². The number of esters is 6. The molecule has 0 saturated carbocycles. The molecule has 0 aliphatic carbocycles. The molecule has 0 bridgehead atoms. The summed E-state index contributed by atoms with van der Waals surface area (Å²) in [5.41, 5.74) is -1.60. The van der Waals surface area contributed by atoms with E-state index in [1.807, 2.05) is 0 Å². The number of carbonyl (C=O) groups excluding carboxylic acids is 6. The molecule has 0 amide bonds. The van der Waals surface area contributed by atoms with Gasteiger partial charge in [0.2, 0.25) is 0 Å². The maximum atomic E-state index is 12.3. The van der Waals surface area contributed by atoms with E-state index in [-0.39, 0.29) is 61.9 Å². The van der Waals surface area contributed by atoms with E-state index in [1.54, 1.807) is 27.7 Å². The lowest BCUT2D eigenvalue weighted by molar-refractivity contribution is -0.135. The summed E-state index contributed by atoms with van der Waals surface area (Å²) < 4.78 is 19.5. The van der Waals surface area contributed by atoms with E-state index in [9.17, 15) is 39.0 Å². The minimum Gasteiger partial charge on any atom is -0.461 e. The standard InChI is InChI=1S/C30H32O12.2C3H8O2/c1-29(2,15-31)17-39-25(35)19-7-5-9-21(13-19)27(37)41-23(33)11-12-24(34)42-28(38)22-10-6-8-20(14-22)26(36)40-18-30(3,4)16-32;2*1-3(5)2-4/h5-14,31-32H,15-18H2,1-4H3;2*3-5H,2H2,1H3/b12-11-;;. The first-order chi connectivity index (χ1) is 24.2. The van der Waals surface area contributed by atoms with Crippen LogP contribution in [-0.2, 0) is 28.5 Å². The smallest absolute Gasteiger partial charge is 0.346 e. The van der Waals surface area contributed by atoms with Gasteiger partial charge in [-0.3, -0.25) is 0 Å². The Kier molecular flexibility index (Phi) is 21.4. The third-order valence-corrected chi connectivity index (χ3v) is 5.98. The third-order valence-electron chi connectivity index (χ3n) is 5.98. The van der Waals surface area contributed by atoms with Crippen molar-refractivity contribution in [2.45, 2.75) is 53.8 Å². The molecule has 0 saturated heterocycles. The first-order valence-electron chi connectivity index (χ1n) is 15.7. The van der Waals surface area contributed by atoms with Crippen LogP contribution in [0, 0.1) is 10.8 Å². The van der Waals surface area contributed by atoms with Gasteiger partial charge >= 0.3 is 35.8 Å². The highest BCUT2D eigenvalue weighted by atomic mass is 16.6. The number of hydrogen-bond donors (Lipinski definition) is 6. The Morgan fingerprint density at radius 1 is 0.577 bits per heavy atom. The molecule has 0 aliphatic heterocycles. The van der Waals surface area contributed by atoms with Crippen molar-refractivity contribution in [2.24, 2.45) is 10.8 Å². The lowest BCUT2D eigenvalue weighted by Crippen LogP contribution is -2.25. The zero-order valence-corrected chi connectivity index (χ0v) is 29.9. The lowest BCUT2D eigenvalue weighted by Gasteiger charge is -2.20. The van der Waals surface area contributed by atoms with E-state index >= 15 is 0 Å². The van der Waals surface area contributed by atoms with Crippen molar-refractivity contribution in [3.8, 4) is 0 Å². The SMILES string of the molecule is CC(C)(CO)COC(=O)c1cccc(C(=O)OC(=O)/C=C\C(=O)OC(=O)c2cccc(C(=O)OCC(C)(C)CO)c2)c1.CC(O)CO.CC(O)CO. The molecular weight excluding hydrogens is 688 g/mol. The average Bonchev–Trinajstić information content (AvgIpc) is 3.12. The van der Waals surface area contributed by atoms with Crippen molar-refractivity contribution < 1.29 is 78.4 Å². The van der Waals surface area contributed by atoms with Gasteiger partial charge in [-0.15, -0.1) is 0 Å². The monoisotopic (exact) mass is 736 g/mol. The van der Waals surface area contributed by atoms with Crippen LogP contribution in [0.25, 0.3) is 0 Å². The Hall–Kier alpha value is -4.84. The quantitative estimate of drug-likeness (QED) is 0.0693. The van der Waals surface area contributed by atoms with E-state index < -0.39 is 58.9 Å². The molecule has 6 N–H and O–H groups in total. The molecule has 52 heavy (non-hydrogen) atoms. The fourth-order valence-electron chi connectivity index (χ4n) is 2.83. The number of aliphatic hydroxyl groups is 6. The summed E-state index contributed by atoms with van der Waals surface area (Å²) in [6.07, 6.45) is 0.0171. The van der Waals surface area contributed by atoms with Crippen molar-refractivity contribution in [2.75, 3.05) is 39.6 Å². The molecule has 2 rings (SSSR count). The molecule has 0 fully saturated rings. The summed E-state index contributed by atoms with van der Waals surface area (Å²) in [6, 6.07) is 10.4. The highest BCUT2D eigenvalue weighted by Crippen LogP contribution is 2.17. The van der Waals surface area contributed by atoms with Gasteiger partial charge in [0.05, 0.1) is 74.1 Å². The molecule has 16 nitrogen and oxygen atoms in total. The van der Waals surface area contributed by atoms with Crippen LogP contribution in [-0.4, -0.2) is 118 Å². The van der Waals surface area contributed by atoms with Gasteiger partial charge in [-0.1, -0.05) is 39.8 Å². The summed E-state index contributed by atoms with van der Waals surface area (Å²) in [5, 5.41) is 50.5. The van der Waals surface area contributed by atoms with Crippen LogP contribution in [0.3, 0.4) is 0 Å². The zero-order valence-electron chi connectivity index (χ0n) is 29.9. The molecule has 0 spiro atoms. The second-order valence-electron chi connectivity index (χ2n) is 12.8. The molecule has 0 heterocycles. The van der Waals surface area contributed by atoms with Crippen molar-refractivity contribution in [1.82, 2.24) is 0 Å². The van der Waals surface area contributed by atoms with E-state index in [1.165, 1.54) is 50.2 Å². The van der Waals surface area contributed by atoms with E-state index in [0.717, 1.165) is 12.1 Å². The second kappa shape index (κ2) is 23.6. The van der Waals surface area contributed by atoms with Gasteiger partial charge in [-0.2, -0.15) is 0 Å². The molecule has 16 heteroatoms. The van der Waals surface area contributed by atoms with Gasteiger partial charge in [0.1, 0.15) is 0 Å². The van der Waals surface area contributed by atoms with Crippen LogP contribution in [0.4, 0.5) is 0 Å². The lowest BCUT2D eigenvalue weighted by atomic mass is 9.96. The molecule has 0 aromatic heterocycles. The fourth-order valence-corrected chi connectivity index (χ4v) is 2.83. The molecule has 0 aliphatic rings. The minimum atomic E-state index is -1.25. The van der Waals surface area contributed by atoms with Crippen molar-refractivity contribution in [3.05, 3.63) is 82.9 Å². The topological polar surface area (TPSA) is 261 Å². The molecule has 288 valence electrons. The van der Waals surface area contributed by atoms with Crippen LogP contribution in [0.15, 0.2) is 60.7 Å². The van der Waals surface area contributed by atoms with E-state index in [2.05, 4.69) is 9.47 Å². The molecule has 0 radical (unpaired) electrons. The summed E-state index contributed by atoms with van der Waals surface area (Å²) in [4.78, 5) is 73.2. The second-order valence-corrected chi connectivity index (χ2v) is 12.8. The van der Waals surface area contributed by atoms with E-state index in [0.29, 0.717) is 12.2 Å². The average molecular weight is 737 g/mol. The van der Waals surface area contributed by atoms with Gasteiger partial charge in [0.25, 0.3) is 0 Å². The summed E-state index contributed by atoms with van der Waals surface area (Å²) in [6.45, 7) is 8.99. The van der Waals surface area contributed by atoms with Gasteiger partial charge in [-0.25, -0.2) is 28.8 Å². The van der Waals surface area contributed by atoms with Crippen LogP contribution in [0.1, 0.15) is 83.0 Å². The third kappa shape index (κ3) is 20.1. The van der Waals surface area contributed by atoms with Gasteiger partial charge in [-0.05, 0) is 50.2 Å². The predicted octanol–water partition coefficient (Wildman–Crippen LogP) is 1.38. The van der Waals surface area contributed by atoms with Gasteiger partial charge < -0.3 is 49.6 Å².